The van der Waals surface area contributed by atoms with Crippen molar-refractivity contribution in [2.24, 2.45) is 11.3 Å². The van der Waals surface area contributed by atoms with Gasteiger partial charge >= 0.3 is 5.97 Å². The molecule has 1 heterocycles. The normalized spacial score (nSPS) is 22.1. The SMILES string of the molecule is CN(CCC(=O)O)S(=O)(=O)N1CCC(C(C)(C)C)C1. The molecule has 0 radical (unpaired) electrons. The van der Waals surface area contributed by atoms with E-state index in [0.29, 0.717) is 19.0 Å². The molecule has 1 unspecified atom stereocenters. The molecule has 1 atom stereocenters. The van der Waals surface area contributed by atoms with Gasteiger partial charge in [-0.25, -0.2) is 0 Å². The van der Waals surface area contributed by atoms with Crippen LogP contribution in [0.15, 0.2) is 0 Å². The van der Waals surface area contributed by atoms with E-state index in [2.05, 4.69) is 20.8 Å². The Morgan fingerprint density at radius 1 is 1.42 bits per heavy atom. The van der Waals surface area contributed by atoms with Crippen LogP contribution in [0, 0.1) is 11.3 Å². The van der Waals surface area contributed by atoms with Gasteiger partial charge in [-0.15, -0.1) is 0 Å². The van der Waals surface area contributed by atoms with Gasteiger partial charge in [-0.05, 0) is 17.8 Å². The van der Waals surface area contributed by atoms with Crippen LogP contribution in [-0.4, -0.2) is 54.8 Å². The fourth-order valence-electron chi connectivity index (χ4n) is 2.21. The third-order valence-electron chi connectivity index (χ3n) is 3.74. The number of carboxylic acid groups (broad SMARTS) is 1. The zero-order valence-corrected chi connectivity index (χ0v) is 12.9. The average Bonchev–Trinajstić information content (AvgIpc) is 2.74. The molecule has 0 aromatic heterocycles. The van der Waals surface area contributed by atoms with Gasteiger partial charge in [0.25, 0.3) is 10.2 Å². The van der Waals surface area contributed by atoms with Gasteiger partial charge in [0.1, 0.15) is 0 Å². The third kappa shape index (κ3) is 4.15. The Morgan fingerprint density at radius 3 is 2.42 bits per heavy atom. The molecule has 7 heteroatoms. The van der Waals surface area contributed by atoms with Crippen molar-refractivity contribution in [2.75, 3.05) is 26.7 Å². The van der Waals surface area contributed by atoms with Crippen molar-refractivity contribution in [3.8, 4) is 0 Å². The van der Waals surface area contributed by atoms with Gasteiger partial charge in [0.15, 0.2) is 0 Å². The molecule has 1 rings (SSSR count). The summed E-state index contributed by atoms with van der Waals surface area (Å²) in [5.74, 6) is -0.647. The molecule has 1 saturated heterocycles. The molecule has 1 aliphatic heterocycles. The Morgan fingerprint density at radius 2 is 2.00 bits per heavy atom. The highest BCUT2D eigenvalue weighted by Gasteiger charge is 2.38. The second-order valence-corrected chi connectivity index (χ2v) is 8.22. The average molecular weight is 292 g/mol. The van der Waals surface area contributed by atoms with E-state index in [1.54, 1.807) is 0 Å². The van der Waals surface area contributed by atoms with Gasteiger partial charge in [0.05, 0.1) is 6.42 Å². The molecule has 19 heavy (non-hydrogen) atoms. The van der Waals surface area contributed by atoms with E-state index >= 15 is 0 Å². The van der Waals surface area contributed by atoms with Crippen LogP contribution in [0.2, 0.25) is 0 Å². The predicted octanol–water partition coefficient (Wildman–Crippen LogP) is 1.01. The summed E-state index contributed by atoms with van der Waals surface area (Å²) in [6.07, 6.45) is 0.682. The molecule has 1 fully saturated rings. The Bertz CT molecular complexity index is 428. The minimum absolute atomic E-state index is 0.00828. The van der Waals surface area contributed by atoms with Crippen molar-refractivity contribution in [1.29, 1.82) is 0 Å². The minimum Gasteiger partial charge on any atom is -0.481 e. The Balaban J connectivity index is 2.67. The summed E-state index contributed by atoms with van der Waals surface area (Å²) in [6.45, 7) is 7.38. The van der Waals surface area contributed by atoms with Gasteiger partial charge in [-0.3, -0.25) is 4.79 Å². The molecule has 112 valence electrons. The quantitative estimate of drug-likeness (QED) is 0.820. The zero-order chi connectivity index (χ0) is 14.8. The molecule has 1 aliphatic rings. The van der Waals surface area contributed by atoms with Gasteiger partial charge in [-0.2, -0.15) is 17.0 Å². The monoisotopic (exact) mass is 292 g/mol. The molecule has 0 saturated carbocycles. The van der Waals surface area contributed by atoms with Gasteiger partial charge in [0, 0.05) is 26.7 Å². The maximum atomic E-state index is 12.3. The summed E-state index contributed by atoms with van der Waals surface area (Å²) in [6, 6.07) is 0. The first-order valence-electron chi connectivity index (χ1n) is 6.48. The van der Waals surface area contributed by atoms with Crippen LogP contribution in [0.3, 0.4) is 0 Å². The predicted molar refractivity (Wildman–Crippen MR) is 72.9 cm³/mol. The topological polar surface area (TPSA) is 77.9 Å². The number of hydrogen-bond acceptors (Lipinski definition) is 3. The van der Waals surface area contributed by atoms with Crippen molar-refractivity contribution in [2.45, 2.75) is 33.6 Å². The molecule has 6 nitrogen and oxygen atoms in total. The van der Waals surface area contributed by atoms with E-state index in [1.807, 2.05) is 0 Å². The van der Waals surface area contributed by atoms with Crippen LogP contribution < -0.4 is 0 Å². The van der Waals surface area contributed by atoms with E-state index in [1.165, 1.54) is 11.4 Å². The lowest BCUT2D eigenvalue weighted by atomic mass is 9.80. The number of carboxylic acids is 1. The lowest BCUT2D eigenvalue weighted by Gasteiger charge is -2.28. The first kappa shape index (κ1) is 16.4. The van der Waals surface area contributed by atoms with Crippen molar-refractivity contribution in [3.05, 3.63) is 0 Å². The van der Waals surface area contributed by atoms with E-state index in [-0.39, 0.29) is 18.4 Å². The maximum Gasteiger partial charge on any atom is 0.304 e. The van der Waals surface area contributed by atoms with Crippen LogP contribution in [0.1, 0.15) is 33.6 Å². The molecule has 0 aliphatic carbocycles. The van der Waals surface area contributed by atoms with Crippen LogP contribution in [0.25, 0.3) is 0 Å². The second kappa shape index (κ2) is 5.76. The maximum absolute atomic E-state index is 12.3. The molecule has 0 aromatic carbocycles. The lowest BCUT2D eigenvalue weighted by molar-refractivity contribution is -0.137. The second-order valence-electron chi connectivity index (χ2n) is 6.18. The van der Waals surface area contributed by atoms with Crippen molar-refractivity contribution < 1.29 is 18.3 Å². The third-order valence-corrected chi connectivity index (χ3v) is 5.69. The van der Waals surface area contributed by atoms with Crippen molar-refractivity contribution >= 4 is 16.2 Å². The largest absolute Gasteiger partial charge is 0.481 e. The first-order chi connectivity index (χ1) is 8.55. The Labute approximate surface area is 115 Å². The fraction of sp³-hybridized carbons (Fsp3) is 0.917. The van der Waals surface area contributed by atoms with Gasteiger partial charge in [-0.1, -0.05) is 20.8 Å². The van der Waals surface area contributed by atoms with Crippen LogP contribution in [0.4, 0.5) is 0 Å². The fourth-order valence-corrected chi connectivity index (χ4v) is 3.63. The van der Waals surface area contributed by atoms with Crippen LogP contribution in [-0.2, 0) is 15.0 Å². The van der Waals surface area contributed by atoms with Crippen molar-refractivity contribution in [3.63, 3.8) is 0 Å². The first-order valence-corrected chi connectivity index (χ1v) is 7.88. The number of aliphatic carboxylic acids is 1. The Kier molecular flexibility index (Phi) is 4.97. The highest BCUT2D eigenvalue weighted by Crippen LogP contribution is 2.34. The highest BCUT2D eigenvalue weighted by molar-refractivity contribution is 7.86. The van der Waals surface area contributed by atoms with E-state index in [0.717, 1.165) is 10.7 Å². The van der Waals surface area contributed by atoms with Gasteiger partial charge in [0.2, 0.25) is 0 Å². The summed E-state index contributed by atoms with van der Waals surface area (Å²) in [5.41, 5.74) is 0.0872. The molecule has 1 N–H and O–H groups in total. The van der Waals surface area contributed by atoms with E-state index in [4.69, 9.17) is 5.11 Å². The number of rotatable bonds is 5. The van der Waals surface area contributed by atoms with E-state index in [9.17, 15) is 13.2 Å². The molecule has 0 spiro atoms. The minimum atomic E-state index is -3.52. The number of carbonyl (C=O) groups is 1. The van der Waals surface area contributed by atoms with E-state index < -0.39 is 16.2 Å². The summed E-state index contributed by atoms with van der Waals surface area (Å²) < 4.78 is 27.1. The van der Waals surface area contributed by atoms with Crippen molar-refractivity contribution in [1.82, 2.24) is 8.61 Å². The smallest absolute Gasteiger partial charge is 0.304 e. The number of nitrogens with zero attached hydrogens (tertiary/aromatic N) is 2. The van der Waals surface area contributed by atoms with Gasteiger partial charge < -0.3 is 5.11 Å². The summed E-state index contributed by atoms with van der Waals surface area (Å²) >= 11 is 0. The molecule has 0 amide bonds. The lowest BCUT2D eigenvalue weighted by Crippen LogP contribution is -2.42. The molecule has 0 bridgehead atoms. The highest BCUT2D eigenvalue weighted by atomic mass is 32.2. The number of hydrogen-bond donors (Lipinski definition) is 1. The summed E-state index contributed by atoms with van der Waals surface area (Å²) in [4.78, 5) is 10.5. The molecular weight excluding hydrogens is 268 g/mol. The molecule has 0 aromatic rings. The summed E-state index contributed by atoms with van der Waals surface area (Å²) in [5, 5.41) is 8.61. The van der Waals surface area contributed by atoms with Crippen LogP contribution >= 0.6 is 0 Å². The van der Waals surface area contributed by atoms with Crippen LogP contribution in [0.5, 0.6) is 0 Å². The Hall–Kier alpha value is -0.660. The molecular formula is C12H24N2O4S. The summed E-state index contributed by atoms with van der Waals surface area (Å²) in [7, 11) is -2.09. The zero-order valence-electron chi connectivity index (χ0n) is 12.1. The standard InChI is InChI=1S/C12H24N2O4S/c1-12(2,3)10-5-8-14(9-10)19(17,18)13(4)7-6-11(15)16/h10H,5-9H2,1-4H3,(H,15,16).